The fraction of sp³-hybridized carbons (Fsp3) is 1.00. The maximum absolute atomic E-state index is 3.92. The van der Waals surface area contributed by atoms with Gasteiger partial charge in [-0.2, -0.15) is 0 Å². The maximum Gasteiger partial charge on any atom is 0.0187 e. The Labute approximate surface area is 114 Å². The van der Waals surface area contributed by atoms with Crippen molar-refractivity contribution >= 4 is 0 Å². The van der Waals surface area contributed by atoms with Crippen LogP contribution in [0.3, 0.4) is 0 Å². The number of hydrogen-bond acceptors (Lipinski definition) is 1. The topological polar surface area (TPSA) is 12.0 Å². The van der Waals surface area contributed by atoms with E-state index in [4.69, 9.17) is 0 Å². The molecule has 1 atom stereocenters. The quantitative estimate of drug-likeness (QED) is 0.755. The molecule has 1 nitrogen and oxygen atoms in total. The monoisotopic (exact) mass is 251 g/mol. The third-order valence-corrected chi connectivity index (χ3v) is 6.75. The van der Waals surface area contributed by atoms with Gasteiger partial charge in [-0.3, -0.25) is 0 Å². The Morgan fingerprint density at radius 1 is 0.778 bits per heavy atom. The molecule has 1 heterocycles. The third-order valence-electron chi connectivity index (χ3n) is 6.75. The van der Waals surface area contributed by atoms with Crippen LogP contribution < -0.4 is 5.32 Å². The van der Waals surface area contributed by atoms with Gasteiger partial charge >= 0.3 is 0 Å². The molecule has 0 aromatic heterocycles. The first kappa shape index (κ1) is 14.4. The first-order valence-corrected chi connectivity index (χ1v) is 7.97. The standard InChI is InChI=1S/C17H33N/c1-13(2)15(5)7-9-17(10-8-15)11-16(6,12-18-17)14(3)4/h13-14,18H,7-12H2,1-6H3. The van der Waals surface area contributed by atoms with Crippen LogP contribution in [-0.2, 0) is 0 Å². The lowest BCUT2D eigenvalue weighted by molar-refractivity contribution is 0.0803. The molecule has 2 fully saturated rings. The predicted molar refractivity (Wildman–Crippen MR) is 79.7 cm³/mol. The van der Waals surface area contributed by atoms with Crippen LogP contribution in [-0.4, -0.2) is 12.1 Å². The molecule has 1 N–H and O–H groups in total. The zero-order chi connectivity index (χ0) is 13.6. The molecule has 0 bridgehead atoms. The van der Waals surface area contributed by atoms with E-state index >= 15 is 0 Å². The van der Waals surface area contributed by atoms with Crippen molar-refractivity contribution in [2.45, 2.75) is 79.2 Å². The molecule has 1 aliphatic carbocycles. The van der Waals surface area contributed by atoms with Gasteiger partial charge in [0.15, 0.2) is 0 Å². The van der Waals surface area contributed by atoms with Crippen LogP contribution in [0, 0.1) is 22.7 Å². The van der Waals surface area contributed by atoms with E-state index in [1.807, 2.05) is 0 Å². The molecule has 1 saturated carbocycles. The highest BCUT2D eigenvalue weighted by atomic mass is 15.0. The molecule has 1 heteroatoms. The van der Waals surface area contributed by atoms with Crippen molar-refractivity contribution in [2.75, 3.05) is 6.54 Å². The second-order valence-electron chi connectivity index (χ2n) is 8.43. The smallest absolute Gasteiger partial charge is 0.0187 e. The zero-order valence-corrected chi connectivity index (χ0v) is 13.4. The Morgan fingerprint density at radius 2 is 1.28 bits per heavy atom. The first-order chi connectivity index (χ1) is 8.22. The molecule has 1 aliphatic heterocycles. The fourth-order valence-electron chi connectivity index (χ4n) is 3.93. The second-order valence-corrected chi connectivity index (χ2v) is 8.43. The van der Waals surface area contributed by atoms with Gasteiger partial charge in [0.2, 0.25) is 0 Å². The van der Waals surface area contributed by atoms with Crippen LogP contribution in [0.5, 0.6) is 0 Å². The van der Waals surface area contributed by atoms with E-state index in [1.165, 1.54) is 38.6 Å². The van der Waals surface area contributed by atoms with Gasteiger partial charge in [0.1, 0.15) is 0 Å². The Kier molecular flexibility index (Phi) is 3.60. The summed E-state index contributed by atoms with van der Waals surface area (Å²) in [6.45, 7) is 15.8. The Bertz CT molecular complexity index is 297. The van der Waals surface area contributed by atoms with Crippen molar-refractivity contribution in [3.05, 3.63) is 0 Å². The summed E-state index contributed by atoms with van der Waals surface area (Å²) in [6.07, 6.45) is 7.00. The number of rotatable bonds is 2. The van der Waals surface area contributed by atoms with E-state index in [0.717, 1.165) is 11.8 Å². The predicted octanol–water partition coefficient (Wildman–Crippen LogP) is 4.62. The van der Waals surface area contributed by atoms with Gasteiger partial charge in [-0.05, 0) is 54.8 Å². The lowest BCUT2D eigenvalue weighted by Crippen LogP contribution is -2.46. The van der Waals surface area contributed by atoms with Gasteiger partial charge in [0, 0.05) is 12.1 Å². The minimum Gasteiger partial charge on any atom is -0.311 e. The molecular formula is C17H33N. The van der Waals surface area contributed by atoms with E-state index in [1.54, 1.807) is 0 Å². The summed E-state index contributed by atoms with van der Waals surface area (Å²) in [6, 6.07) is 0. The number of hydrogen-bond donors (Lipinski definition) is 1. The van der Waals surface area contributed by atoms with Crippen LogP contribution >= 0.6 is 0 Å². The normalized spacial score (nSPS) is 45.3. The summed E-state index contributed by atoms with van der Waals surface area (Å²) >= 11 is 0. The van der Waals surface area contributed by atoms with Gasteiger partial charge in [0.25, 0.3) is 0 Å². The summed E-state index contributed by atoms with van der Waals surface area (Å²) in [5.41, 5.74) is 1.59. The summed E-state index contributed by atoms with van der Waals surface area (Å²) in [7, 11) is 0. The zero-order valence-electron chi connectivity index (χ0n) is 13.4. The van der Waals surface area contributed by atoms with Gasteiger partial charge in [0.05, 0.1) is 0 Å². The summed E-state index contributed by atoms with van der Waals surface area (Å²) in [5, 5.41) is 3.92. The minimum absolute atomic E-state index is 0.480. The lowest BCUT2D eigenvalue weighted by Gasteiger charge is -2.46. The van der Waals surface area contributed by atoms with E-state index in [-0.39, 0.29) is 0 Å². The Hall–Kier alpha value is -0.0400. The van der Waals surface area contributed by atoms with Crippen LogP contribution in [0.25, 0.3) is 0 Å². The van der Waals surface area contributed by atoms with E-state index in [0.29, 0.717) is 16.4 Å². The summed E-state index contributed by atoms with van der Waals surface area (Å²) in [4.78, 5) is 0. The highest BCUT2D eigenvalue weighted by Crippen LogP contribution is 2.52. The molecule has 106 valence electrons. The first-order valence-electron chi connectivity index (χ1n) is 7.97. The fourth-order valence-corrected chi connectivity index (χ4v) is 3.93. The molecule has 0 amide bonds. The highest BCUT2D eigenvalue weighted by Gasteiger charge is 2.50. The molecule has 1 saturated heterocycles. The molecule has 2 aliphatic rings. The van der Waals surface area contributed by atoms with Crippen molar-refractivity contribution in [3.8, 4) is 0 Å². The van der Waals surface area contributed by atoms with Crippen molar-refractivity contribution in [1.29, 1.82) is 0 Å². The average Bonchev–Trinajstić information content (AvgIpc) is 2.63. The van der Waals surface area contributed by atoms with Crippen molar-refractivity contribution in [3.63, 3.8) is 0 Å². The molecule has 0 radical (unpaired) electrons. The second kappa shape index (κ2) is 4.51. The molecule has 2 rings (SSSR count). The lowest BCUT2D eigenvalue weighted by atomic mass is 9.61. The van der Waals surface area contributed by atoms with E-state index in [2.05, 4.69) is 46.9 Å². The van der Waals surface area contributed by atoms with Crippen LogP contribution in [0.2, 0.25) is 0 Å². The SMILES string of the molecule is CC(C)C1(C)CCC2(CC1)CC(C)(C(C)C)CN2. The van der Waals surface area contributed by atoms with Gasteiger partial charge < -0.3 is 5.32 Å². The molecular weight excluding hydrogens is 218 g/mol. The van der Waals surface area contributed by atoms with Crippen molar-refractivity contribution in [1.82, 2.24) is 5.32 Å². The molecule has 0 aromatic rings. The van der Waals surface area contributed by atoms with E-state index in [9.17, 15) is 0 Å². The summed E-state index contributed by atoms with van der Waals surface area (Å²) < 4.78 is 0. The van der Waals surface area contributed by atoms with Gasteiger partial charge in [-0.25, -0.2) is 0 Å². The molecule has 1 unspecified atom stereocenters. The molecule has 1 spiro atoms. The molecule has 0 aromatic carbocycles. The number of nitrogens with one attached hydrogen (secondary N) is 1. The summed E-state index contributed by atoms with van der Waals surface area (Å²) in [5.74, 6) is 1.62. The van der Waals surface area contributed by atoms with Crippen LogP contribution in [0.4, 0.5) is 0 Å². The largest absolute Gasteiger partial charge is 0.311 e. The Balaban J connectivity index is 2.02. The van der Waals surface area contributed by atoms with Gasteiger partial charge in [-0.15, -0.1) is 0 Å². The van der Waals surface area contributed by atoms with Gasteiger partial charge in [-0.1, -0.05) is 41.5 Å². The minimum atomic E-state index is 0.480. The third kappa shape index (κ3) is 2.35. The van der Waals surface area contributed by atoms with Crippen LogP contribution in [0.15, 0.2) is 0 Å². The maximum atomic E-state index is 3.92. The highest BCUT2D eigenvalue weighted by molar-refractivity contribution is 5.06. The van der Waals surface area contributed by atoms with Crippen molar-refractivity contribution in [2.24, 2.45) is 22.7 Å². The molecule has 18 heavy (non-hydrogen) atoms. The Morgan fingerprint density at radius 3 is 1.67 bits per heavy atom. The van der Waals surface area contributed by atoms with Crippen LogP contribution in [0.1, 0.15) is 73.6 Å². The van der Waals surface area contributed by atoms with E-state index < -0.39 is 0 Å². The van der Waals surface area contributed by atoms with Crippen molar-refractivity contribution < 1.29 is 0 Å². The average molecular weight is 251 g/mol.